The molecule has 0 bridgehead atoms. The van der Waals surface area contributed by atoms with E-state index in [1.54, 1.807) is 0 Å². The van der Waals surface area contributed by atoms with Crippen LogP contribution in [0.4, 0.5) is 4.39 Å². The molecule has 0 aromatic heterocycles. The van der Waals surface area contributed by atoms with Gasteiger partial charge in [0.1, 0.15) is 5.82 Å². The molecule has 0 unspecified atom stereocenters. The summed E-state index contributed by atoms with van der Waals surface area (Å²) >= 11 is 0. The monoisotopic (exact) mass is 301 g/mol. The molecule has 1 aliphatic rings. The summed E-state index contributed by atoms with van der Waals surface area (Å²) in [6, 6.07) is 4.05. The Labute approximate surface area is 118 Å². The fourth-order valence-corrected chi connectivity index (χ4v) is 3.55. The van der Waals surface area contributed by atoms with E-state index in [1.165, 1.54) is 12.1 Å². The van der Waals surface area contributed by atoms with Crippen LogP contribution >= 0.6 is 0 Å². The molecule has 0 spiro atoms. The molecule has 0 amide bonds. The SMILES string of the molecule is O=S1(=O)CCCN(Cc2ccc(B(O)O)cc2F)CC1. The van der Waals surface area contributed by atoms with Crippen LogP contribution in [0, 0.1) is 5.82 Å². The highest BCUT2D eigenvalue weighted by Crippen LogP contribution is 2.12. The summed E-state index contributed by atoms with van der Waals surface area (Å²) in [7, 11) is -4.67. The summed E-state index contributed by atoms with van der Waals surface area (Å²) in [5, 5.41) is 17.9. The zero-order chi connectivity index (χ0) is 14.8. The van der Waals surface area contributed by atoms with Gasteiger partial charge >= 0.3 is 7.12 Å². The van der Waals surface area contributed by atoms with Crippen LogP contribution in [0.2, 0.25) is 0 Å². The van der Waals surface area contributed by atoms with Gasteiger partial charge in [-0.2, -0.15) is 0 Å². The number of sulfone groups is 1. The van der Waals surface area contributed by atoms with E-state index in [0.717, 1.165) is 6.07 Å². The van der Waals surface area contributed by atoms with Crippen molar-refractivity contribution < 1.29 is 22.9 Å². The van der Waals surface area contributed by atoms with E-state index in [1.807, 2.05) is 4.90 Å². The maximum atomic E-state index is 13.9. The van der Waals surface area contributed by atoms with Gasteiger partial charge in [-0.25, -0.2) is 12.8 Å². The third kappa shape index (κ3) is 4.02. The number of benzene rings is 1. The maximum Gasteiger partial charge on any atom is 0.488 e. The number of hydrogen-bond donors (Lipinski definition) is 2. The van der Waals surface area contributed by atoms with Crippen molar-refractivity contribution in [2.24, 2.45) is 0 Å². The first kappa shape index (κ1) is 15.4. The van der Waals surface area contributed by atoms with Gasteiger partial charge in [0, 0.05) is 18.7 Å². The molecule has 2 N–H and O–H groups in total. The summed E-state index contributed by atoms with van der Waals surface area (Å²) < 4.78 is 36.8. The minimum Gasteiger partial charge on any atom is -0.423 e. The molecular weight excluding hydrogens is 284 g/mol. The predicted octanol–water partition coefficient (Wildman–Crippen LogP) is -0.874. The standard InChI is InChI=1S/C12H17BFNO4S/c14-12-8-11(13(16)17)3-2-10(12)9-15-4-1-6-20(18,19)7-5-15/h2-3,8,16-17H,1,4-7,9H2. The molecule has 0 saturated carbocycles. The second kappa shape index (κ2) is 6.21. The highest BCUT2D eigenvalue weighted by molar-refractivity contribution is 7.91. The van der Waals surface area contributed by atoms with Gasteiger partial charge in [-0.15, -0.1) is 0 Å². The van der Waals surface area contributed by atoms with E-state index < -0.39 is 22.8 Å². The lowest BCUT2D eigenvalue weighted by Crippen LogP contribution is -2.31. The number of rotatable bonds is 3. The average Bonchev–Trinajstić information content (AvgIpc) is 2.53. The van der Waals surface area contributed by atoms with Crippen LogP contribution in [0.1, 0.15) is 12.0 Å². The van der Waals surface area contributed by atoms with Crippen LogP contribution in [0.15, 0.2) is 18.2 Å². The first-order valence-corrected chi connectivity index (χ1v) is 8.27. The Bertz CT molecular complexity index is 579. The summed E-state index contributed by atoms with van der Waals surface area (Å²) in [5.41, 5.74) is 0.526. The van der Waals surface area contributed by atoms with Crippen LogP contribution in [0.3, 0.4) is 0 Å². The molecule has 110 valence electrons. The lowest BCUT2D eigenvalue weighted by Gasteiger charge is -2.19. The fraction of sp³-hybridized carbons (Fsp3) is 0.500. The van der Waals surface area contributed by atoms with Crippen molar-refractivity contribution in [1.29, 1.82) is 0 Å². The molecule has 20 heavy (non-hydrogen) atoms. The highest BCUT2D eigenvalue weighted by Gasteiger charge is 2.20. The zero-order valence-corrected chi connectivity index (χ0v) is 11.8. The van der Waals surface area contributed by atoms with Gasteiger partial charge < -0.3 is 10.0 Å². The van der Waals surface area contributed by atoms with Crippen molar-refractivity contribution in [3.63, 3.8) is 0 Å². The van der Waals surface area contributed by atoms with Crippen LogP contribution in [-0.4, -0.2) is 55.1 Å². The molecule has 1 aromatic rings. The van der Waals surface area contributed by atoms with E-state index in [4.69, 9.17) is 10.0 Å². The molecule has 1 aromatic carbocycles. The number of halogens is 1. The lowest BCUT2D eigenvalue weighted by molar-refractivity contribution is 0.283. The Morgan fingerprint density at radius 2 is 2.00 bits per heavy atom. The Morgan fingerprint density at radius 1 is 1.25 bits per heavy atom. The minimum absolute atomic E-state index is 0.0993. The molecule has 1 saturated heterocycles. The topological polar surface area (TPSA) is 77.8 Å². The van der Waals surface area contributed by atoms with Crippen LogP contribution < -0.4 is 5.46 Å². The molecule has 5 nitrogen and oxygen atoms in total. The smallest absolute Gasteiger partial charge is 0.423 e. The van der Waals surface area contributed by atoms with Crippen molar-refractivity contribution in [2.75, 3.05) is 24.6 Å². The van der Waals surface area contributed by atoms with Crippen molar-refractivity contribution in [1.82, 2.24) is 4.90 Å². The van der Waals surface area contributed by atoms with Gasteiger partial charge in [-0.05, 0) is 24.5 Å². The zero-order valence-electron chi connectivity index (χ0n) is 11.0. The lowest BCUT2D eigenvalue weighted by atomic mass is 9.80. The quantitative estimate of drug-likeness (QED) is 0.710. The van der Waals surface area contributed by atoms with Gasteiger partial charge in [0.05, 0.1) is 11.5 Å². The van der Waals surface area contributed by atoms with Crippen LogP contribution in [0.5, 0.6) is 0 Å². The molecule has 0 atom stereocenters. The van der Waals surface area contributed by atoms with E-state index in [0.29, 0.717) is 31.6 Å². The second-order valence-corrected chi connectivity index (χ2v) is 7.31. The van der Waals surface area contributed by atoms with Crippen molar-refractivity contribution in [3.8, 4) is 0 Å². The first-order chi connectivity index (χ1) is 9.37. The Balaban J connectivity index is 2.06. The Morgan fingerprint density at radius 3 is 2.65 bits per heavy atom. The summed E-state index contributed by atoms with van der Waals surface area (Å²) in [5.74, 6) is -0.230. The molecule has 1 aliphatic heterocycles. The Kier molecular flexibility index (Phi) is 4.80. The van der Waals surface area contributed by atoms with E-state index in [2.05, 4.69) is 0 Å². The van der Waals surface area contributed by atoms with Gasteiger partial charge in [-0.3, -0.25) is 4.90 Å². The molecule has 8 heteroatoms. The number of nitrogens with zero attached hydrogens (tertiary/aromatic N) is 1. The van der Waals surface area contributed by atoms with Crippen molar-refractivity contribution in [3.05, 3.63) is 29.6 Å². The molecule has 0 radical (unpaired) electrons. The van der Waals surface area contributed by atoms with Crippen molar-refractivity contribution in [2.45, 2.75) is 13.0 Å². The van der Waals surface area contributed by atoms with E-state index in [-0.39, 0.29) is 17.0 Å². The summed E-state index contributed by atoms with van der Waals surface area (Å²) in [6.07, 6.45) is 0.553. The van der Waals surface area contributed by atoms with Crippen molar-refractivity contribution >= 4 is 22.4 Å². The van der Waals surface area contributed by atoms with Gasteiger partial charge in [0.25, 0.3) is 0 Å². The largest absolute Gasteiger partial charge is 0.488 e. The molecule has 2 rings (SSSR count). The van der Waals surface area contributed by atoms with Gasteiger partial charge in [0.15, 0.2) is 9.84 Å². The third-order valence-electron chi connectivity index (χ3n) is 3.42. The molecule has 1 heterocycles. The highest BCUT2D eigenvalue weighted by atomic mass is 32.2. The molecule has 1 fully saturated rings. The number of hydrogen-bond acceptors (Lipinski definition) is 5. The predicted molar refractivity (Wildman–Crippen MR) is 74.8 cm³/mol. The van der Waals surface area contributed by atoms with Gasteiger partial charge in [-0.1, -0.05) is 12.1 Å². The second-order valence-electron chi connectivity index (χ2n) is 5.01. The fourth-order valence-electron chi connectivity index (χ4n) is 2.24. The van der Waals surface area contributed by atoms with E-state index >= 15 is 0 Å². The van der Waals surface area contributed by atoms with E-state index in [9.17, 15) is 12.8 Å². The molecule has 0 aliphatic carbocycles. The third-order valence-corrected chi connectivity index (χ3v) is 5.13. The minimum atomic E-state index is -2.97. The normalized spacial score (nSPS) is 19.6. The summed E-state index contributed by atoms with van der Waals surface area (Å²) in [4.78, 5) is 1.90. The average molecular weight is 301 g/mol. The van der Waals surface area contributed by atoms with Crippen LogP contribution in [-0.2, 0) is 16.4 Å². The molecular formula is C12H17BFNO4S. The van der Waals surface area contributed by atoms with Crippen LogP contribution in [0.25, 0.3) is 0 Å². The maximum absolute atomic E-state index is 13.9. The Hall–Kier alpha value is -0.955. The summed E-state index contributed by atoms with van der Waals surface area (Å²) in [6.45, 7) is 1.33. The van der Waals surface area contributed by atoms with Gasteiger partial charge in [0.2, 0.25) is 0 Å². The first-order valence-electron chi connectivity index (χ1n) is 6.45.